The Bertz CT molecular complexity index is 530. The van der Waals surface area contributed by atoms with Crippen molar-refractivity contribution < 1.29 is 9.90 Å². The van der Waals surface area contributed by atoms with Gasteiger partial charge in [0.25, 0.3) is 0 Å². The van der Waals surface area contributed by atoms with Gasteiger partial charge in [-0.1, -0.05) is 0 Å². The first-order valence-corrected chi connectivity index (χ1v) is 6.14. The lowest BCUT2D eigenvalue weighted by Crippen LogP contribution is -2.02. The minimum Gasteiger partial charge on any atom is -0.481 e. The summed E-state index contributed by atoms with van der Waals surface area (Å²) in [5.74, 6) is -0.862. The fourth-order valence-electron chi connectivity index (χ4n) is 1.54. The standard InChI is InChI=1S/C11H13N3O2S/c1-7(2)14-6-12-4-9(14)11-13-8(5-17-11)3-10(15)16/h4-7H,3H2,1-2H3,(H,15,16). The topological polar surface area (TPSA) is 68.0 Å². The summed E-state index contributed by atoms with van der Waals surface area (Å²) in [6.07, 6.45) is 3.48. The van der Waals surface area contributed by atoms with Gasteiger partial charge >= 0.3 is 5.97 Å². The van der Waals surface area contributed by atoms with E-state index in [0.29, 0.717) is 11.7 Å². The summed E-state index contributed by atoms with van der Waals surface area (Å²) in [6.45, 7) is 4.13. The van der Waals surface area contributed by atoms with E-state index in [1.54, 1.807) is 17.9 Å². The second-order valence-corrected chi connectivity index (χ2v) is 4.85. The van der Waals surface area contributed by atoms with E-state index in [1.807, 2.05) is 4.57 Å². The first-order chi connectivity index (χ1) is 8.08. The molecule has 0 aromatic carbocycles. The van der Waals surface area contributed by atoms with Crippen molar-refractivity contribution in [3.8, 4) is 10.7 Å². The Balaban J connectivity index is 2.30. The SMILES string of the molecule is CC(C)n1cncc1-c1nc(CC(=O)O)cs1. The Labute approximate surface area is 103 Å². The van der Waals surface area contributed by atoms with Gasteiger partial charge in [-0.25, -0.2) is 9.97 Å². The van der Waals surface area contributed by atoms with Gasteiger partial charge in [0.1, 0.15) is 5.01 Å². The van der Waals surface area contributed by atoms with Crippen LogP contribution in [0.15, 0.2) is 17.9 Å². The minimum atomic E-state index is -0.862. The molecular formula is C11H13N3O2S. The molecule has 2 aromatic heterocycles. The molecule has 0 amide bonds. The Morgan fingerprint density at radius 3 is 3.00 bits per heavy atom. The van der Waals surface area contributed by atoms with Gasteiger partial charge < -0.3 is 9.67 Å². The number of nitrogens with zero attached hydrogens (tertiary/aromatic N) is 3. The lowest BCUT2D eigenvalue weighted by molar-refractivity contribution is -0.136. The first kappa shape index (κ1) is 11.8. The molecule has 0 aliphatic carbocycles. The largest absolute Gasteiger partial charge is 0.481 e. The molecule has 0 bridgehead atoms. The number of hydrogen-bond acceptors (Lipinski definition) is 4. The van der Waals surface area contributed by atoms with E-state index < -0.39 is 5.97 Å². The molecule has 0 unspecified atom stereocenters. The fourth-order valence-corrected chi connectivity index (χ4v) is 2.38. The highest BCUT2D eigenvalue weighted by Crippen LogP contribution is 2.25. The van der Waals surface area contributed by atoms with Crippen molar-refractivity contribution in [1.82, 2.24) is 14.5 Å². The molecule has 17 heavy (non-hydrogen) atoms. The number of carboxylic acid groups (broad SMARTS) is 1. The summed E-state index contributed by atoms with van der Waals surface area (Å²) in [6, 6.07) is 0.305. The highest BCUT2D eigenvalue weighted by atomic mass is 32.1. The van der Waals surface area contributed by atoms with Crippen molar-refractivity contribution in [2.45, 2.75) is 26.3 Å². The number of imidazole rings is 1. The lowest BCUT2D eigenvalue weighted by Gasteiger charge is -2.09. The van der Waals surface area contributed by atoms with Gasteiger partial charge in [-0.05, 0) is 13.8 Å². The van der Waals surface area contributed by atoms with Gasteiger partial charge in [0.2, 0.25) is 0 Å². The number of aliphatic carboxylic acids is 1. The molecule has 0 fully saturated rings. The Hall–Kier alpha value is -1.69. The summed E-state index contributed by atoms with van der Waals surface area (Å²) in [7, 11) is 0. The molecule has 0 saturated heterocycles. The fraction of sp³-hybridized carbons (Fsp3) is 0.364. The van der Waals surface area contributed by atoms with Crippen molar-refractivity contribution in [2.24, 2.45) is 0 Å². The zero-order valence-corrected chi connectivity index (χ0v) is 10.4. The monoisotopic (exact) mass is 251 g/mol. The second-order valence-electron chi connectivity index (χ2n) is 3.99. The van der Waals surface area contributed by atoms with E-state index in [-0.39, 0.29) is 6.42 Å². The van der Waals surface area contributed by atoms with E-state index in [4.69, 9.17) is 5.11 Å². The maximum Gasteiger partial charge on any atom is 0.309 e. The van der Waals surface area contributed by atoms with E-state index >= 15 is 0 Å². The van der Waals surface area contributed by atoms with Crippen molar-refractivity contribution in [3.63, 3.8) is 0 Å². The third-order valence-electron chi connectivity index (χ3n) is 2.33. The van der Waals surface area contributed by atoms with Gasteiger partial charge in [0.05, 0.1) is 30.3 Å². The van der Waals surface area contributed by atoms with E-state index in [1.165, 1.54) is 11.3 Å². The molecule has 0 atom stereocenters. The lowest BCUT2D eigenvalue weighted by atomic mass is 10.3. The van der Waals surface area contributed by atoms with Crippen LogP contribution in [0.3, 0.4) is 0 Å². The number of carboxylic acids is 1. The Kier molecular flexibility index (Phi) is 3.23. The predicted octanol–water partition coefficient (Wildman–Crippen LogP) is 2.21. The first-order valence-electron chi connectivity index (χ1n) is 5.26. The predicted molar refractivity (Wildman–Crippen MR) is 65.1 cm³/mol. The Morgan fingerprint density at radius 2 is 2.35 bits per heavy atom. The molecule has 0 aliphatic heterocycles. The molecule has 90 valence electrons. The zero-order chi connectivity index (χ0) is 12.4. The zero-order valence-electron chi connectivity index (χ0n) is 9.62. The molecule has 2 rings (SSSR count). The highest BCUT2D eigenvalue weighted by molar-refractivity contribution is 7.13. The number of thiazole rings is 1. The van der Waals surface area contributed by atoms with Crippen LogP contribution in [0.4, 0.5) is 0 Å². The Morgan fingerprint density at radius 1 is 1.59 bits per heavy atom. The van der Waals surface area contributed by atoms with Crippen LogP contribution < -0.4 is 0 Å². The molecule has 0 aliphatic rings. The molecule has 0 radical (unpaired) electrons. The van der Waals surface area contributed by atoms with Gasteiger partial charge in [-0.3, -0.25) is 4.79 Å². The third kappa shape index (κ3) is 2.52. The van der Waals surface area contributed by atoms with E-state index in [9.17, 15) is 4.79 Å². The van der Waals surface area contributed by atoms with Crippen LogP contribution in [0.2, 0.25) is 0 Å². The molecule has 2 aromatic rings. The number of carbonyl (C=O) groups is 1. The van der Waals surface area contributed by atoms with Crippen LogP contribution >= 0.6 is 11.3 Å². The van der Waals surface area contributed by atoms with Gasteiger partial charge in [-0.15, -0.1) is 11.3 Å². The molecule has 0 saturated carbocycles. The number of hydrogen-bond donors (Lipinski definition) is 1. The highest BCUT2D eigenvalue weighted by Gasteiger charge is 2.12. The number of rotatable bonds is 4. The van der Waals surface area contributed by atoms with Crippen LogP contribution in [0.5, 0.6) is 0 Å². The second kappa shape index (κ2) is 4.67. The summed E-state index contributed by atoms with van der Waals surface area (Å²) in [4.78, 5) is 19.0. The molecule has 1 N–H and O–H groups in total. The molecule has 6 heteroatoms. The average Bonchev–Trinajstić information content (AvgIpc) is 2.82. The van der Waals surface area contributed by atoms with Gasteiger partial charge in [0, 0.05) is 11.4 Å². The van der Waals surface area contributed by atoms with E-state index in [2.05, 4.69) is 23.8 Å². The van der Waals surface area contributed by atoms with Gasteiger partial charge in [-0.2, -0.15) is 0 Å². The van der Waals surface area contributed by atoms with Crippen LogP contribution in [0, 0.1) is 0 Å². The van der Waals surface area contributed by atoms with E-state index in [0.717, 1.165) is 10.7 Å². The van der Waals surface area contributed by atoms with Crippen LogP contribution in [0.25, 0.3) is 10.7 Å². The van der Waals surface area contributed by atoms with Crippen LogP contribution in [0.1, 0.15) is 25.6 Å². The normalized spacial score (nSPS) is 11.0. The number of aromatic nitrogens is 3. The summed E-state index contributed by atoms with van der Waals surface area (Å²) in [5, 5.41) is 11.3. The molecular weight excluding hydrogens is 238 g/mol. The summed E-state index contributed by atoms with van der Waals surface area (Å²) < 4.78 is 2.02. The summed E-state index contributed by atoms with van der Waals surface area (Å²) >= 11 is 1.45. The molecule has 5 nitrogen and oxygen atoms in total. The van der Waals surface area contributed by atoms with Crippen LogP contribution in [-0.4, -0.2) is 25.6 Å². The van der Waals surface area contributed by atoms with Crippen molar-refractivity contribution in [2.75, 3.05) is 0 Å². The molecule has 2 heterocycles. The molecule has 0 spiro atoms. The van der Waals surface area contributed by atoms with Crippen LogP contribution in [-0.2, 0) is 11.2 Å². The minimum absolute atomic E-state index is 0.0354. The average molecular weight is 251 g/mol. The van der Waals surface area contributed by atoms with Crippen molar-refractivity contribution in [3.05, 3.63) is 23.6 Å². The van der Waals surface area contributed by atoms with Gasteiger partial charge in [0.15, 0.2) is 0 Å². The summed E-state index contributed by atoms with van der Waals surface area (Å²) in [5.41, 5.74) is 1.52. The third-order valence-corrected chi connectivity index (χ3v) is 3.24. The van der Waals surface area contributed by atoms with Crippen molar-refractivity contribution in [1.29, 1.82) is 0 Å². The maximum absolute atomic E-state index is 10.6. The van der Waals surface area contributed by atoms with Crippen molar-refractivity contribution >= 4 is 17.3 Å². The quantitative estimate of drug-likeness (QED) is 0.904. The smallest absolute Gasteiger partial charge is 0.309 e. The maximum atomic E-state index is 10.6.